The molecule has 0 saturated heterocycles. The highest BCUT2D eigenvalue weighted by molar-refractivity contribution is 5.97. The molecule has 2 atom stereocenters. The number of Topliss-reactive ketones (excluding diaryl/α,β-unsaturated/α-hetero) is 1. The molecule has 118 valence electrons. The summed E-state index contributed by atoms with van der Waals surface area (Å²) in [4.78, 5) is 24.3. The maximum atomic E-state index is 12.2. The van der Waals surface area contributed by atoms with Crippen LogP contribution in [-0.2, 0) is 23.8 Å². The minimum absolute atomic E-state index is 0.116. The fourth-order valence-electron chi connectivity index (χ4n) is 3.46. The molecule has 2 rings (SSSR count). The normalized spacial score (nSPS) is 27.8. The largest absolute Gasteiger partial charge is 0.468 e. The Morgan fingerprint density at radius 2 is 2.00 bits per heavy atom. The lowest BCUT2D eigenvalue weighted by Gasteiger charge is -2.44. The molecule has 1 saturated carbocycles. The second-order valence-electron chi connectivity index (χ2n) is 5.52. The van der Waals surface area contributed by atoms with Gasteiger partial charge in [0.2, 0.25) is 0 Å². The Bertz CT molecular complexity index is 434. The molecule has 1 fully saturated rings. The first-order chi connectivity index (χ1) is 10.1. The smallest absolute Gasteiger partial charge is 0.318 e. The van der Waals surface area contributed by atoms with Gasteiger partial charge in [0.05, 0.1) is 7.11 Å². The van der Waals surface area contributed by atoms with Gasteiger partial charge in [-0.1, -0.05) is 6.08 Å². The van der Waals surface area contributed by atoms with E-state index >= 15 is 0 Å². The predicted molar refractivity (Wildman–Crippen MR) is 76.5 cm³/mol. The van der Waals surface area contributed by atoms with E-state index in [1.165, 1.54) is 7.11 Å². The first kappa shape index (κ1) is 16.2. The Morgan fingerprint density at radius 1 is 1.33 bits per heavy atom. The summed E-state index contributed by atoms with van der Waals surface area (Å²) in [5.74, 6) is -1.86. The number of esters is 1. The van der Waals surface area contributed by atoms with Crippen LogP contribution < -0.4 is 0 Å². The van der Waals surface area contributed by atoms with Crippen molar-refractivity contribution >= 4 is 11.8 Å². The van der Waals surface area contributed by atoms with Crippen LogP contribution in [-0.4, -0.2) is 37.9 Å². The average Bonchev–Trinajstić information content (AvgIpc) is 2.47. The molecule has 0 N–H and O–H groups in total. The zero-order valence-corrected chi connectivity index (χ0v) is 13.0. The van der Waals surface area contributed by atoms with E-state index in [1.54, 1.807) is 6.08 Å². The van der Waals surface area contributed by atoms with Crippen LogP contribution in [0.15, 0.2) is 11.6 Å². The van der Waals surface area contributed by atoms with Gasteiger partial charge < -0.3 is 14.2 Å². The zero-order valence-electron chi connectivity index (χ0n) is 13.0. The van der Waals surface area contributed by atoms with E-state index in [-0.39, 0.29) is 11.7 Å². The monoisotopic (exact) mass is 296 g/mol. The van der Waals surface area contributed by atoms with E-state index in [4.69, 9.17) is 14.2 Å². The van der Waals surface area contributed by atoms with Crippen LogP contribution in [0, 0.1) is 11.8 Å². The first-order valence-electron chi connectivity index (χ1n) is 7.68. The van der Waals surface area contributed by atoms with Crippen LogP contribution in [0.4, 0.5) is 0 Å². The zero-order chi connectivity index (χ0) is 15.5. The van der Waals surface area contributed by atoms with E-state index in [1.807, 2.05) is 13.8 Å². The van der Waals surface area contributed by atoms with Crippen molar-refractivity contribution in [1.29, 1.82) is 0 Å². The second kappa shape index (κ2) is 6.71. The topological polar surface area (TPSA) is 61.8 Å². The van der Waals surface area contributed by atoms with Crippen molar-refractivity contribution in [2.75, 3.05) is 20.3 Å². The summed E-state index contributed by atoms with van der Waals surface area (Å²) < 4.78 is 16.6. The number of fused-ring (bicyclic) bond motifs is 1. The van der Waals surface area contributed by atoms with Gasteiger partial charge >= 0.3 is 5.97 Å². The van der Waals surface area contributed by atoms with Gasteiger partial charge in [0, 0.05) is 26.1 Å². The van der Waals surface area contributed by atoms with Crippen molar-refractivity contribution in [1.82, 2.24) is 0 Å². The summed E-state index contributed by atoms with van der Waals surface area (Å²) in [7, 11) is 1.35. The Balaban J connectivity index is 2.42. The van der Waals surface area contributed by atoms with Crippen LogP contribution in [0.5, 0.6) is 0 Å². The van der Waals surface area contributed by atoms with Crippen LogP contribution in [0.3, 0.4) is 0 Å². The minimum atomic E-state index is -1.01. The highest BCUT2D eigenvalue weighted by Crippen LogP contribution is 2.44. The van der Waals surface area contributed by atoms with E-state index < -0.39 is 17.7 Å². The number of hydrogen-bond donors (Lipinski definition) is 0. The van der Waals surface area contributed by atoms with Gasteiger partial charge in [-0.15, -0.1) is 0 Å². The molecular weight excluding hydrogens is 272 g/mol. The third-order valence-electron chi connectivity index (χ3n) is 4.30. The summed E-state index contributed by atoms with van der Waals surface area (Å²) >= 11 is 0. The molecule has 5 nitrogen and oxygen atoms in total. The average molecular weight is 296 g/mol. The fourth-order valence-corrected chi connectivity index (χ4v) is 3.46. The summed E-state index contributed by atoms with van der Waals surface area (Å²) in [6.45, 7) is 4.63. The molecule has 5 heteroatoms. The van der Waals surface area contributed by atoms with E-state index in [9.17, 15) is 9.59 Å². The molecule has 0 aromatic heterocycles. The Hall–Kier alpha value is -1.20. The lowest BCUT2D eigenvalue weighted by Crippen LogP contribution is -2.52. The van der Waals surface area contributed by atoms with Crippen molar-refractivity contribution in [3.8, 4) is 0 Å². The van der Waals surface area contributed by atoms with Crippen molar-refractivity contribution in [2.24, 2.45) is 11.8 Å². The number of rotatable bonds is 5. The molecule has 0 aliphatic heterocycles. The summed E-state index contributed by atoms with van der Waals surface area (Å²) in [6, 6.07) is 0. The maximum absolute atomic E-state index is 12.2. The molecule has 0 aromatic rings. The molecule has 0 amide bonds. The van der Waals surface area contributed by atoms with Crippen LogP contribution >= 0.6 is 0 Å². The summed E-state index contributed by atoms with van der Waals surface area (Å²) in [6.07, 6.45) is 4.65. The molecule has 0 spiro atoms. The van der Waals surface area contributed by atoms with Crippen molar-refractivity contribution in [3.05, 3.63) is 11.6 Å². The Kier molecular flexibility index (Phi) is 5.17. The molecule has 2 aliphatic carbocycles. The number of allylic oxidation sites excluding steroid dienone is 1. The minimum Gasteiger partial charge on any atom is -0.468 e. The summed E-state index contributed by atoms with van der Waals surface area (Å²) in [5, 5.41) is 0. The second-order valence-corrected chi connectivity index (χ2v) is 5.52. The molecule has 21 heavy (non-hydrogen) atoms. The quantitative estimate of drug-likeness (QED) is 0.575. The van der Waals surface area contributed by atoms with Gasteiger partial charge in [-0.25, -0.2) is 0 Å². The third kappa shape index (κ3) is 3.04. The van der Waals surface area contributed by atoms with Gasteiger partial charge in [0.25, 0.3) is 0 Å². The van der Waals surface area contributed by atoms with E-state index in [2.05, 4.69) is 0 Å². The van der Waals surface area contributed by atoms with Crippen molar-refractivity contribution in [3.63, 3.8) is 0 Å². The van der Waals surface area contributed by atoms with Gasteiger partial charge in [0.15, 0.2) is 11.6 Å². The Labute approximate surface area is 125 Å². The number of carbonyl (C=O) groups excluding carboxylic acids is 2. The lowest BCUT2D eigenvalue weighted by atomic mass is 9.71. The Morgan fingerprint density at radius 3 is 2.57 bits per heavy atom. The predicted octanol–water partition coefficient (Wildman–Crippen LogP) is 2.24. The molecular formula is C16H24O5. The van der Waals surface area contributed by atoms with Crippen molar-refractivity contribution in [2.45, 2.75) is 45.3 Å². The summed E-state index contributed by atoms with van der Waals surface area (Å²) in [5.41, 5.74) is 0.756. The highest BCUT2D eigenvalue weighted by Gasteiger charge is 2.51. The van der Waals surface area contributed by atoms with Crippen LogP contribution in [0.1, 0.15) is 39.5 Å². The number of carbonyl (C=O) groups is 2. The maximum Gasteiger partial charge on any atom is 0.318 e. The highest BCUT2D eigenvalue weighted by atomic mass is 16.7. The van der Waals surface area contributed by atoms with Crippen LogP contribution in [0.2, 0.25) is 0 Å². The lowest BCUT2D eigenvalue weighted by molar-refractivity contribution is -0.266. The molecule has 0 bridgehead atoms. The first-order valence-corrected chi connectivity index (χ1v) is 7.68. The number of ketones is 1. The van der Waals surface area contributed by atoms with Crippen LogP contribution in [0.25, 0.3) is 0 Å². The fraction of sp³-hybridized carbons (Fsp3) is 0.750. The van der Waals surface area contributed by atoms with E-state index in [0.29, 0.717) is 26.1 Å². The number of methoxy groups -OCH3 is 1. The third-order valence-corrected chi connectivity index (χ3v) is 4.30. The molecule has 0 radical (unpaired) electrons. The molecule has 0 aromatic carbocycles. The number of hydrogen-bond acceptors (Lipinski definition) is 5. The van der Waals surface area contributed by atoms with Gasteiger partial charge in [-0.2, -0.15) is 0 Å². The molecule has 2 unspecified atom stereocenters. The van der Waals surface area contributed by atoms with Crippen molar-refractivity contribution < 1.29 is 23.8 Å². The standard InChI is InChI=1S/C16H24O5/c1-4-20-16(21-5-2)10-11-7-6-8-14(17)12(11)9-13(16)15(18)19-3/h9,11,13H,4-8,10H2,1-3H3. The number of ether oxygens (including phenoxy) is 3. The van der Waals surface area contributed by atoms with E-state index in [0.717, 1.165) is 18.4 Å². The SMILES string of the molecule is CCOC1(OCC)CC2CCCC(=O)C2=CC1C(=O)OC. The van der Waals surface area contributed by atoms with Gasteiger partial charge in [-0.05, 0) is 38.2 Å². The molecule has 0 heterocycles. The molecule has 2 aliphatic rings. The van der Waals surface area contributed by atoms with Gasteiger partial charge in [-0.3, -0.25) is 9.59 Å². The van der Waals surface area contributed by atoms with Gasteiger partial charge in [0.1, 0.15) is 5.92 Å².